The van der Waals surface area contributed by atoms with Crippen molar-refractivity contribution in [2.24, 2.45) is 5.92 Å². The van der Waals surface area contributed by atoms with E-state index in [2.05, 4.69) is 5.32 Å². The molecule has 0 saturated heterocycles. The molecule has 0 fully saturated rings. The van der Waals surface area contributed by atoms with Crippen LogP contribution in [-0.2, 0) is 10.0 Å². The minimum Gasteiger partial charge on any atom is -0.316 e. The molecule has 1 atom stereocenters. The maximum atomic E-state index is 11.8. The summed E-state index contributed by atoms with van der Waals surface area (Å²) < 4.78 is 25.2. The molecule has 0 aromatic rings. The number of nitrogens with zero attached hydrogens (tertiary/aromatic N) is 1. The molecule has 0 aliphatic heterocycles. The predicted octanol–water partition coefficient (Wildman–Crippen LogP) is 0.902. The summed E-state index contributed by atoms with van der Waals surface area (Å²) in [5, 5.41) is 3.02. The first-order valence-corrected chi connectivity index (χ1v) is 7.10. The summed E-state index contributed by atoms with van der Waals surface area (Å²) in [5.41, 5.74) is 0. The Kier molecular flexibility index (Phi) is 6.40. The first-order chi connectivity index (χ1) is 6.83. The molecule has 1 unspecified atom stereocenters. The summed E-state index contributed by atoms with van der Waals surface area (Å²) in [6, 6.07) is 0.0524. The molecular weight excluding hydrogens is 212 g/mol. The van der Waals surface area contributed by atoms with Gasteiger partial charge in [0.1, 0.15) is 0 Å². The minimum atomic E-state index is -3.11. The summed E-state index contributed by atoms with van der Waals surface area (Å²) in [5.74, 6) is 0.512. The second kappa shape index (κ2) is 6.45. The molecule has 4 nitrogen and oxygen atoms in total. The normalized spacial score (nSPS) is 14.9. The lowest BCUT2D eigenvalue weighted by Gasteiger charge is -2.27. The van der Waals surface area contributed by atoms with E-state index >= 15 is 0 Å². The Labute approximate surface area is 94.1 Å². The van der Waals surface area contributed by atoms with Crippen LogP contribution in [0.1, 0.15) is 27.7 Å². The standard InChI is InChI=1S/C10H24N2O2S/c1-6-11-7-8-15(13,14)12(5)10(4)9(2)3/h9-11H,6-8H2,1-5H3. The molecule has 0 aromatic heterocycles. The Bertz CT molecular complexity index is 263. The van der Waals surface area contributed by atoms with Crippen molar-refractivity contribution >= 4 is 10.0 Å². The highest BCUT2D eigenvalue weighted by Crippen LogP contribution is 2.12. The highest BCUT2D eigenvalue weighted by Gasteiger charge is 2.24. The first-order valence-electron chi connectivity index (χ1n) is 5.49. The van der Waals surface area contributed by atoms with E-state index in [0.717, 1.165) is 6.54 Å². The van der Waals surface area contributed by atoms with E-state index in [1.807, 2.05) is 27.7 Å². The molecule has 15 heavy (non-hydrogen) atoms. The Balaban J connectivity index is 4.32. The van der Waals surface area contributed by atoms with E-state index in [1.54, 1.807) is 7.05 Å². The van der Waals surface area contributed by atoms with Gasteiger partial charge in [0.25, 0.3) is 0 Å². The van der Waals surface area contributed by atoms with Gasteiger partial charge in [0.2, 0.25) is 10.0 Å². The molecule has 1 N–H and O–H groups in total. The zero-order valence-corrected chi connectivity index (χ0v) is 11.3. The third-order valence-corrected chi connectivity index (χ3v) is 4.69. The summed E-state index contributed by atoms with van der Waals surface area (Å²) in [4.78, 5) is 0. The van der Waals surface area contributed by atoms with E-state index in [4.69, 9.17) is 0 Å². The molecule has 0 radical (unpaired) electrons. The summed E-state index contributed by atoms with van der Waals surface area (Å²) >= 11 is 0. The van der Waals surface area contributed by atoms with E-state index in [1.165, 1.54) is 4.31 Å². The smallest absolute Gasteiger partial charge is 0.215 e. The van der Waals surface area contributed by atoms with E-state index in [-0.39, 0.29) is 11.8 Å². The second-order valence-electron chi connectivity index (χ2n) is 4.17. The molecule has 92 valence electrons. The molecule has 0 aliphatic carbocycles. The number of hydrogen-bond acceptors (Lipinski definition) is 3. The molecular formula is C10H24N2O2S. The lowest BCUT2D eigenvalue weighted by atomic mass is 10.1. The van der Waals surface area contributed by atoms with Gasteiger partial charge in [-0.3, -0.25) is 0 Å². The maximum Gasteiger partial charge on any atom is 0.215 e. The van der Waals surface area contributed by atoms with Gasteiger partial charge >= 0.3 is 0 Å². The highest BCUT2D eigenvalue weighted by molar-refractivity contribution is 7.89. The average molecular weight is 236 g/mol. The Morgan fingerprint density at radius 1 is 1.27 bits per heavy atom. The van der Waals surface area contributed by atoms with Crippen LogP contribution in [0, 0.1) is 5.92 Å². The van der Waals surface area contributed by atoms with Gasteiger partial charge in [-0.1, -0.05) is 20.8 Å². The molecule has 0 amide bonds. The van der Waals surface area contributed by atoms with Gasteiger partial charge in [-0.25, -0.2) is 12.7 Å². The predicted molar refractivity (Wildman–Crippen MR) is 64.4 cm³/mol. The van der Waals surface area contributed by atoms with E-state index in [9.17, 15) is 8.42 Å². The minimum absolute atomic E-state index is 0.0524. The topological polar surface area (TPSA) is 49.4 Å². The van der Waals surface area contributed by atoms with Gasteiger partial charge in [0.05, 0.1) is 5.75 Å². The third kappa shape index (κ3) is 4.95. The van der Waals surface area contributed by atoms with Crippen LogP contribution >= 0.6 is 0 Å². The number of rotatable bonds is 7. The van der Waals surface area contributed by atoms with Crippen LogP contribution in [0.5, 0.6) is 0 Å². The van der Waals surface area contributed by atoms with Crippen LogP contribution in [0.15, 0.2) is 0 Å². The highest BCUT2D eigenvalue weighted by atomic mass is 32.2. The van der Waals surface area contributed by atoms with Crippen molar-refractivity contribution < 1.29 is 8.42 Å². The lowest BCUT2D eigenvalue weighted by Crippen LogP contribution is -2.41. The fraction of sp³-hybridized carbons (Fsp3) is 1.00. The van der Waals surface area contributed by atoms with E-state index < -0.39 is 10.0 Å². The second-order valence-corrected chi connectivity index (χ2v) is 6.32. The van der Waals surface area contributed by atoms with Crippen LogP contribution in [0.25, 0.3) is 0 Å². The van der Waals surface area contributed by atoms with Crippen molar-refractivity contribution in [1.82, 2.24) is 9.62 Å². The van der Waals surface area contributed by atoms with Crippen LogP contribution < -0.4 is 5.32 Å². The fourth-order valence-electron chi connectivity index (χ4n) is 1.20. The molecule has 0 rings (SSSR count). The number of nitrogens with one attached hydrogen (secondary N) is 1. The molecule has 0 aromatic carbocycles. The maximum absolute atomic E-state index is 11.8. The van der Waals surface area contributed by atoms with Crippen LogP contribution in [-0.4, -0.2) is 44.7 Å². The zero-order chi connectivity index (χ0) is 12.1. The van der Waals surface area contributed by atoms with E-state index in [0.29, 0.717) is 12.5 Å². The lowest BCUT2D eigenvalue weighted by molar-refractivity contribution is 0.315. The summed E-state index contributed by atoms with van der Waals surface area (Å²) in [6.07, 6.45) is 0. The summed E-state index contributed by atoms with van der Waals surface area (Å²) in [7, 11) is -1.45. The fourth-order valence-corrected chi connectivity index (χ4v) is 2.64. The van der Waals surface area contributed by atoms with Gasteiger partial charge in [-0.05, 0) is 19.4 Å². The molecule has 0 heterocycles. The SMILES string of the molecule is CCNCCS(=O)(=O)N(C)C(C)C(C)C. The van der Waals surface area contributed by atoms with Crippen LogP contribution in [0.4, 0.5) is 0 Å². The van der Waals surface area contributed by atoms with Crippen molar-refractivity contribution in [3.05, 3.63) is 0 Å². The molecule has 0 aliphatic rings. The molecule has 0 saturated carbocycles. The third-order valence-electron chi connectivity index (χ3n) is 2.76. The summed E-state index contributed by atoms with van der Waals surface area (Å²) in [6.45, 7) is 9.29. The monoisotopic (exact) mass is 236 g/mol. The zero-order valence-electron chi connectivity index (χ0n) is 10.4. The quantitative estimate of drug-likeness (QED) is 0.668. The van der Waals surface area contributed by atoms with Crippen LogP contribution in [0.3, 0.4) is 0 Å². The molecule has 5 heteroatoms. The Morgan fingerprint density at radius 3 is 2.20 bits per heavy atom. The van der Waals surface area contributed by atoms with Gasteiger partial charge in [-0.15, -0.1) is 0 Å². The Morgan fingerprint density at radius 2 is 1.80 bits per heavy atom. The van der Waals surface area contributed by atoms with Gasteiger partial charge in [0.15, 0.2) is 0 Å². The van der Waals surface area contributed by atoms with Gasteiger partial charge in [-0.2, -0.15) is 0 Å². The van der Waals surface area contributed by atoms with Gasteiger partial charge in [0, 0.05) is 19.6 Å². The van der Waals surface area contributed by atoms with Crippen molar-refractivity contribution in [3.8, 4) is 0 Å². The molecule has 0 spiro atoms. The first kappa shape index (κ1) is 14.9. The molecule has 0 bridgehead atoms. The number of sulfonamides is 1. The largest absolute Gasteiger partial charge is 0.316 e. The Hall–Kier alpha value is -0.130. The van der Waals surface area contributed by atoms with Gasteiger partial charge < -0.3 is 5.32 Å². The van der Waals surface area contributed by atoms with Crippen LogP contribution in [0.2, 0.25) is 0 Å². The van der Waals surface area contributed by atoms with Crippen molar-refractivity contribution in [2.45, 2.75) is 33.7 Å². The average Bonchev–Trinajstić information content (AvgIpc) is 2.15. The van der Waals surface area contributed by atoms with Crippen molar-refractivity contribution in [1.29, 1.82) is 0 Å². The van der Waals surface area contributed by atoms with Crippen molar-refractivity contribution in [3.63, 3.8) is 0 Å². The van der Waals surface area contributed by atoms with Crippen molar-refractivity contribution in [2.75, 3.05) is 25.9 Å². The number of hydrogen-bond donors (Lipinski definition) is 1.